The molecular formula is C23H27N3OS. The first kappa shape index (κ1) is 20.2. The van der Waals surface area contributed by atoms with Gasteiger partial charge in [-0.25, -0.2) is 4.98 Å². The van der Waals surface area contributed by atoms with Crippen LogP contribution in [0, 0.1) is 12.8 Å². The largest absolute Gasteiger partial charge is 0.348 e. The number of aromatic nitrogens is 2. The molecule has 2 N–H and O–H groups in total. The van der Waals surface area contributed by atoms with Crippen molar-refractivity contribution in [1.29, 1.82) is 0 Å². The summed E-state index contributed by atoms with van der Waals surface area (Å²) in [6.07, 6.45) is 0.791. The Morgan fingerprint density at radius 1 is 1.07 bits per heavy atom. The molecule has 0 fully saturated rings. The van der Waals surface area contributed by atoms with Gasteiger partial charge in [-0.2, -0.15) is 0 Å². The lowest BCUT2D eigenvalue weighted by Crippen LogP contribution is -2.32. The van der Waals surface area contributed by atoms with E-state index in [4.69, 9.17) is 0 Å². The van der Waals surface area contributed by atoms with Crippen molar-refractivity contribution in [1.82, 2.24) is 15.3 Å². The predicted octanol–water partition coefficient (Wildman–Crippen LogP) is 4.91. The quantitative estimate of drug-likeness (QED) is 0.534. The Morgan fingerprint density at radius 2 is 1.71 bits per heavy atom. The number of H-pyrrole nitrogens is 1. The number of imidazole rings is 1. The van der Waals surface area contributed by atoms with Crippen molar-refractivity contribution in [2.24, 2.45) is 5.92 Å². The summed E-state index contributed by atoms with van der Waals surface area (Å²) in [6.45, 7) is 6.27. The Hall–Kier alpha value is -2.53. The van der Waals surface area contributed by atoms with E-state index in [2.05, 4.69) is 53.4 Å². The lowest BCUT2D eigenvalue weighted by Gasteiger charge is -2.22. The summed E-state index contributed by atoms with van der Waals surface area (Å²) in [5.41, 5.74) is 4.44. The molecular weight excluding hydrogens is 366 g/mol. The Morgan fingerprint density at radius 3 is 2.36 bits per heavy atom. The number of amides is 1. The maximum atomic E-state index is 12.5. The van der Waals surface area contributed by atoms with E-state index in [1.54, 1.807) is 0 Å². The minimum Gasteiger partial charge on any atom is -0.348 e. The molecule has 0 aliphatic carbocycles. The smallest absolute Gasteiger partial charge is 0.230 e. The third-order valence-corrected chi connectivity index (χ3v) is 5.53. The van der Waals surface area contributed by atoms with Crippen LogP contribution in [0.15, 0.2) is 65.8 Å². The summed E-state index contributed by atoms with van der Waals surface area (Å²) >= 11 is 1.44. The van der Waals surface area contributed by atoms with Crippen molar-refractivity contribution in [2.75, 3.05) is 5.75 Å². The molecule has 1 amide bonds. The van der Waals surface area contributed by atoms with Gasteiger partial charge in [-0.15, -0.1) is 0 Å². The van der Waals surface area contributed by atoms with E-state index in [1.165, 1.54) is 17.3 Å². The second kappa shape index (κ2) is 9.60. The second-order valence-electron chi connectivity index (χ2n) is 7.26. The number of carbonyl (C=O) groups excluding carboxylic acids is 1. The van der Waals surface area contributed by atoms with Crippen LogP contribution in [0.2, 0.25) is 0 Å². The van der Waals surface area contributed by atoms with Crippen molar-refractivity contribution < 1.29 is 4.79 Å². The van der Waals surface area contributed by atoms with E-state index < -0.39 is 0 Å². The van der Waals surface area contributed by atoms with Crippen LogP contribution in [0.3, 0.4) is 0 Å². The van der Waals surface area contributed by atoms with Crippen LogP contribution in [-0.2, 0) is 11.2 Å². The number of carbonyl (C=O) groups is 1. The lowest BCUT2D eigenvalue weighted by atomic mass is 9.96. The standard InChI is InChI=1S/C23H27N3OS/c1-16(2)22(19-12-8-5-9-13-19)26-21(27)15-28-23-24-17(3)20(25-23)14-18-10-6-4-7-11-18/h4-13,16,22H,14-15H2,1-3H3,(H,24,25)(H,26,27). The summed E-state index contributed by atoms with van der Waals surface area (Å²) in [7, 11) is 0. The van der Waals surface area contributed by atoms with Gasteiger partial charge in [0, 0.05) is 12.1 Å². The molecule has 28 heavy (non-hydrogen) atoms. The number of hydrogen-bond acceptors (Lipinski definition) is 3. The normalized spacial score (nSPS) is 12.1. The van der Waals surface area contributed by atoms with Crippen LogP contribution in [0.5, 0.6) is 0 Å². The molecule has 3 aromatic rings. The fraction of sp³-hybridized carbons (Fsp3) is 0.304. The number of nitrogens with zero attached hydrogens (tertiary/aromatic N) is 1. The summed E-state index contributed by atoms with van der Waals surface area (Å²) in [5.74, 6) is 0.680. The molecule has 1 unspecified atom stereocenters. The van der Waals surface area contributed by atoms with Crippen LogP contribution < -0.4 is 5.32 Å². The van der Waals surface area contributed by atoms with E-state index in [0.717, 1.165) is 28.5 Å². The maximum absolute atomic E-state index is 12.5. The van der Waals surface area contributed by atoms with E-state index in [1.807, 2.05) is 43.3 Å². The summed E-state index contributed by atoms with van der Waals surface area (Å²) in [5, 5.41) is 3.95. The number of rotatable bonds is 8. The SMILES string of the molecule is Cc1[nH]c(SCC(=O)NC(c2ccccc2)C(C)C)nc1Cc1ccccc1. The average Bonchev–Trinajstić information content (AvgIpc) is 3.05. The number of aryl methyl sites for hydroxylation is 1. The Kier molecular flexibility index (Phi) is 6.93. The van der Waals surface area contributed by atoms with Crippen molar-refractivity contribution in [3.63, 3.8) is 0 Å². The van der Waals surface area contributed by atoms with Gasteiger partial charge < -0.3 is 10.3 Å². The highest BCUT2D eigenvalue weighted by molar-refractivity contribution is 7.99. The number of hydrogen-bond donors (Lipinski definition) is 2. The molecule has 1 aromatic heterocycles. The number of thioether (sulfide) groups is 1. The number of aromatic amines is 1. The molecule has 0 radical (unpaired) electrons. The molecule has 146 valence electrons. The van der Waals surface area contributed by atoms with E-state index in [0.29, 0.717) is 11.7 Å². The molecule has 0 aliphatic heterocycles. The van der Waals surface area contributed by atoms with Gasteiger partial charge in [0.15, 0.2) is 5.16 Å². The molecule has 4 nitrogen and oxygen atoms in total. The van der Waals surface area contributed by atoms with Crippen LogP contribution in [0.25, 0.3) is 0 Å². The average molecular weight is 394 g/mol. The van der Waals surface area contributed by atoms with Crippen molar-refractivity contribution >= 4 is 17.7 Å². The molecule has 1 heterocycles. The molecule has 0 saturated heterocycles. The van der Waals surface area contributed by atoms with Crippen molar-refractivity contribution in [2.45, 2.75) is 38.4 Å². The molecule has 0 spiro atoms. The lowest BCUT2D eigenvalue weighted by molar-refractivity contribution is -0.119. The van der Waals surface area contributed by atoms with Gasteiger partial charge in [-0.3, -0.25) is 4.79 Å². The van der Waals surface area contributed by atoms with Gasteiger partial charge in [0.2, 0.25) is 5.91 Å². The highest BCUT2D eigenvalue weighted by Crippen LogP contribution is 2.23. The highest BCUT2D eigenvalue weighted by Gasteiger charge is 2.18. The molecule has 1 atom stereocenters. The molecule has 2 aromatic carbocycles. The highest BCUT2D eigenvalue weighted by atomic mass is 32.2. The van der Waals surface area contributed by atoms with Crippen LogP contribution in [-0.4, -0.2) is 21.6 Å². The van der Waals surface area contributed by atoms with Crippen molar-refractivity contribution in [3.8, 4) is 0 Å². The molecule has 0 aliphatic rings. The zero-order valence-electron chi connectivity index (χ0n) is 16.6. The zero-order valence-corrected chi connectivity index (χ0v) is 17.4. The zero-order chi connectivity index (χ0) is 19.9. The molecule has 0 bridgehead atoms. The third-order valence-electron chi connectivity index (χ3n) is 4.66. The minimum absolute atomic E-state index is 0.0151. The molecule has 0 saturated carbocycles. The van der Waals surface area contributed by atoms with Gasteiger partial charge in [-0.1, -0.05) is 86.3 Å². The second-order valence-corrected chi connectivity index (χ2v) is 8.23. The first-order valence-electron chi connectivity index (χ1n) is 9.59. The van der Waals surface area contributed by atoms with Gasteiger partial charge in [-0.05, 0) is 24.0 Å². The summed E-state index contributed by atoms with van der Waals surface area (Å²) < 4.78 is 0. The Balaban J connectivity index is 1.58. The Labute approximate surface area is 171 Å². The van der Waals surface area contributed by atoms with Crippen LogP contribution >= 0.6 is 11.8 Å². The molecule has 3 rings (SSSR count). The topological polar surface area (TPSA) is 57.8 Å². The fourth-order valence-corrected chi connectivity index (χ4v) is 3.89. The maximum Gasteiger partial charge on any atom is 0.230 e. The monoisotopic (exact) mass is 393 g/mol. The first-order chi connectivity index (χ1) is 13.5. The summed E-state index contributed by atoms with van der Waals surface area (Å²) in [6, 6.07) is 20.4. The third kappa shape index (κ3) is 5.49. The van der Waals surface area contributed by atoms with Crippen LogP contribution in [0.4, 0.5) is 0 Å². The predicted molar refractivity (Wildman–Crippen MR) is 115 cm³/mol. The van der Waals surface area contributed by atoms with Gasteiger partial charge >= 0.3 is 0 Å². The van der Waals surface area contributed by atoms with Crippen LogP contribution in [0.1, 0.15) is 42.4 Å². The summed E-state index contributed by atoms with van der Waals surface area (Å²) in [4.78, 5) is 20.5. The molecule has 5 heteroatoms. The van der Waals surface area contributed by atoms with E-state index in [9.17, 15) is 4.79 Å². The Bertz CT molecular complexity index is 891. The fourth-order valence-electron chi connectivity index (χ4n) is 3.14. The number of nitrogens with one attached hydrogen (secondary N) is 2. The van der Waals surface area contributed by atoms with E-state index >= 15 is 0 Å². The minimum atomic E-state index is 0.0151. The van der Waals surface area contributed by atoms with E-state index in [-0.39, 0.29) is 11.9 Å². The van der Waals surface area contributed by atoms with Gasteiger partial charge in [0.05, 0.1) is 17.5 Å². The van der Waals surface area contributed by atoms with Crippen molar-refractivity contribution in [3.05, 3.63) is 83.2 Å². The van der Waals surface area contributed by atoms with Gasteiger partial charge in [0.25, 0.3) is 0 Å². The first-order valence-corrected chi connectivity index (χ1v) is 10.6. The number of benzene rings is 2. The van der Waals surface area contributed by atoms with Gasteiger partial charge in [0.1, 0.15) is 0 Å².